The van der Waals surface area contributed by atoms with Gasteiger partial charge in [-0.1, -0.05) is 30.3 Å². The summed E-state index contributed by atoms with van der Waals surface area (Å²) in [7, 11) is 1.67. The monoisotopic (exact) mass is 275 g/mol. The average molecular weight is 275 g/mol. The van der Waals surface area contributed by atoms with Gasteiger partial charge in [0.1, 0.15) is 5.76 Å². The molecule has 4 nitrogen and oxygen atoms in total. The smallest absolute Gasteiger partial charge is 0.125 e. The SMILES string of the molecule is COCCOCCNC(c1ccccc1)c1ccco1. The Bertz CT molecular complexity index is 456. The molecule has 1 N–H and O–H groups in total. The molecule has 108 valence electrons. The summed E-state index contributed by atoms with van der Waals surface area (Å²) in [6.07, 6.45) is 1.70. The van der Waals surface area contributed by atoms with Crippen molar-refractivity contribution in [2.45, 2.75) is 6.04 Å². The number of nitrogens with one attached hydrogen (secondary N) is 1. The van der Waals surface area contributed by atoms with Gasteiger partial charge in [-0.2, -0.15) is 0 Å². The molecular weight excluding hydrogens is 254 g/mol. The van der Waals surface area contributed by atoms with Gasteiger partial charge in [0.25, 0.3) is 0 Å². The topological polar surface area (TPSA) is 43.6 Å². The van der Waals surface area contributed by atoms with Crippen molar-refractivity contribution in [1.82, 2.24) is 5.32 Å². The molecule has 0 aliphatic rings. The van der Waals surface area contributed by atoms with E-state index in [0.717, 1.165) is 12.3 Å². The molecule has 1 atom stereocenters. The van der Waals surface area contributed by atoms with E-state index in [1.807, 2.05) is 30.3 Å². The van der Waals surface area contributed by atoms with E-state index in [2.05, 4.69) is 17.4 Å². The van der Waals surface area contributed by atoms with Gasteiger partial charge < -0.3 is 19.2 Å². The lowest BCUT2D eigenvalue weighted by Crippen LogP contribution is -2.26. The molecule has 20 heavy (non-hydrogen) atoms. The van der Waals surface area contributed by atoms with Gasteiger partial charge in [-0.15, -0.1) is 0 Å². The van der Waals surface area contributed by atoms with Crippen LogP contribution in [-0.2, 0) is 9.47 Å². The first-order chi connectivity index (χ1) is 9.92. The van der Waals surface area contributed by atoms with Gasteiger partial charge in [0.05, 0.1) is 32.1 Å². The maximum Gasteiger partial charge on any atom is 0.125 e. The third-order valence-electron chi connectivity index (χ3n) is 2.99. The molecule has 1 aromatic heterocycles. The molecule has 0 aliphatic carbocycles. The standard InChI is InChI=1S/C16H21NO3/c1-18-12-13-19-11-9-17-16(15-8-5-10-20-15)14-6-3-2-4-7-14/h2-8,10,16-17H,9,11-13H2,1H3. The molecule has 0 radical (unpaired) electrons. The zero-order valence-corrected chi connectivity index (χ0v) is 11.7. The molecule has 0 spiro atoms. The second-order valence-corrected chi connectivity index (χ2v) is 4.42. The fourth-order valence-electron chi connectivity index (χ4n) is 2.00. The summed E-state index contributed by atoms with van der Waals surface area (Å²) < 4.78 is 15.9. The lowest BCUT2D eigenvalue weighted by atomic mass is 10.0. The van der Waals surface area contributed by atoms with Crippen LogP contribution in [0.4, 0.5) is 0 Å². The zero-order valence-electron chi connectivity index (χ0n) is 11.7. The second-order valence-electron chi connectivity index (χ2n) is 4.42. The van der Waals surface area contributed by atoms with Crippen LogP contribution in [0, 0.1) is 0 Å². The van der Waals surface area contributed by atoms with E-state index in [0.29, 0.717) is 19.8 Å². The second kappa shape index (κ2) is 8.53. The fourth-order valence-corrected chi connectivity index (χ4v) is 2.00. The maximum absolute atomic E-state index is 5.52. The number of hydrogen-bond donors (Lipinski definition) is 1. The van der Waals surface area contributed by atoms with Crippen LogP contribution in [0.2, 0.25) is 0 Å². The Kier molecular flexibility index (Phi) is 6.31. The molecule has 0 saturated heterocycles. The first kappa shape index (κ1) is 14.8. The van der Waals surface area contributed by atoms with Gasteiger partial charge in [-0.05, 0) is 17.7 Å². The van der Waals surface area contributed by atoms with Crippen molar-refractivity contribution in [2.24, 2.45) is 0 Å². The van der Waals surface area contributed by atoms with Crippen LogP contribution < -0.4 is 5.32 Å². The Morgan fingerprint density at radius 1 is 1.05 bits per heavy atom. The highest BCUT2D eigenvalue weighted by Gasteiger charge is 2.15. The van der Waals surface area contributed by atoms with Crippen LogP contribution in [0.1, 0.15) is 17.4 Å². The zero-order chi connectivity index (χ0) is 14.0. The van der Waals surface area contributed by atoms with Crippen molar-refractivity contribution < 1.29 is 13.9 Å². The van der Waals surface area contributed by atoms with Gasteiger partial charge in [0, 0.05) is 13.7 Å². The molecular formula is C16H21NO3. The highest BCUT2D eigenvalue weighted by atomic mass is 16.5. The summed E-state index contributed by atoms with van der Waals surface area (Å²) in [5.74, 6) is 0.910. The summed E-state index contributed by atoms with van der Waals surface area (Å²) in [5, 5.41) is 3.46. The molecule has 0 aliphatic heterocycles. The molecule has 0 bridgehead atoms. The highest BCUT2D eigenvalue weighted by Crippen LogP contribution is 2.21. The number of methoxy groups -OCH3 is 1. The maximum atomic E-state index is 5.52. The Hall–Kier alpha value is -1.62. The summed E-state index contributed by atoms with van der Waals surface area (Å²) >= 11 is 0. The lowest BCUT2D eigenvalue weighted by molar-refractivity contribution is 0.0712. The minimum absolute atomic E-state index is 0.0530. The van der Waals surface area contributed by atoms with Crippen LogP contribution in [0.25, 0.3) is 0 Å². The number of benzene rings is 1. The van der Waals surface area contributed by atoms with E-state index in [-0.39, 0.29) is 6.04 Å². The van der Waals surface area contributed by atoms with Crippen molar-refractivity contribution in [1.29, 1.82) is 0 Å². The molecule has 2 rings (SSSR count). The van der Waals surface area contributed by atoms with Crippen LogP contribution in [0.5, 0.6) is 0 Å². The van der Waals surface area contributed by atoms with Crippen molar-refractivity contribution in [3.05, 3.63) is 60.1 Å². The lowest BCUT2D eigenvalue weighted by Gasteiger charge is -2.17. The van der Waals surface area contributed by atoms with Crippen LogP contribution in [0.15, 0.2) is 53.1 Å². The molecule has 2 aromatic rings. The normalized spacial score (nSPS) is 12.4. The molecule has 4 heteroatoms. The number of hydrogen-bond acceptors (Lipinski definition) is 4. The van der Waals surface area contributed by atoms with E-state index < -0.39 is 0 Å². The quantitative estimate of drug-likeness (QED) is 0.714. The minimum Gasteiger partial charge on any atom is -0.467 e. The van der Waals surface area contributed by atoms with E-state index >= 15 is 0 Å². The molecule has 1 heterocycles. The highest BCUT2D eigenvalue weighted by molar-refractivity contribution is 5.26. The molecule has 1 unspecified atom stereocenters. The summed E-state index contributed by atoms with van der Waals surface area (Å²) in [6.45, 7) is 2.65. The van der Waals surface area contributed by atoms with Gasteiger partial charge in [0.15, 0.2) is 0 Å². The molecule has 0 amide bonds. The van der Waals surface area contributed by atoms with Crippen molar-refractivity contribution in [2.75, 3.05) is 33.5 Å². The molecule has 1 aromatic carbocycles. The Morgan fingerprint density at radius 2 is 1.90 bits per heavy atom. The van der Waals surface area contributed by atoms with Gasteiger partial charge >= 0.3 is 0 Å². The van der Waals surface area contributed by atoms with Gasteiger partial charge in [-0.25, -0.2) is 0 Å². The predicted octanol–water partition coefficient (Wildman–Crippen LogP) is 2.62. The Balaban J connectivity index is 1.88. The molecule has 0 fully saturated rings. The van der Waals surface area contributed by atoms with Crippen LogP contribution in [-0.4, -0.2) is 33.5 Å². The third kappa shape index (κ3) is 4.49. The van der Waals surface area contributed by atoms with Crippen LogP contribution >= 0.6 is 0 Å². The average Bonchev–Trinajstić information content (AvgIpc) is 3.01. The number of ether oxygens (including phenoxy) is 2. The number of furan rings is 1. The van der Waals surface area contributed by atoms with Crippen molar-refractivity contribution in [3.63, 3.8) is 0 Å². The van der Waals surface area contributed by atoms with Crippen molar-refractivity contribution in [3.8, 4) is 0 Å². The van der Waals surface area contributed by atoms with Crippen molar-refractivity contribution >= 4 is 0 Å². The van der Waals surface area contributed by atoms with Gasteiger partial charge in [0.2, 0.25) is 0 Å². The fraction of sp³-hybridized carbons (Fsp3) is 0.375. The number of rotatable bonds is 9. The minimum atomic E-state index is 0.0530. The third-order valence-corrected chi connectivity index (χ3v) is 2.99. The van der Waals surface area contributed by atoms with E-state index in [4.69, 9.17) is 13.9 Å². The molecule has 0 saturated carbocycles. The van der Waals surface area contributed by atoms with Gasteiger partial charge in [-0.3, -0.25) is 0 Å². The Labute approximate surface area is 119 Å². The Morgan fingerprint density at radius 3 is 2.60 bits per heavy atom. The first-order valence-electron chi connectivity index (χ1n) is 6.80. The summed E-state index contributed by atoms with van der Waals surface area (Å²) in [6, 6.07) is 14.2. The van der Waals surface area contributed by atoms with E-state index in [1.54, 1.807) is 13.4 Å². The first-order valence-corrected chi connectivity index (χ1v) is 6.80. The van der Waals surface area contributed by atoms with E-state index in [1.165, 1.54) is 5.56 Å². The predicted molar refractivity (Wildman–Crippen MR) is 77.7 cm³/mol. The van der Waals surface area contributed by atoms with Crippen LogP contribution in [0.3, 0.4) is 0 Å². The summed E-state index contributed by atoms with van der Waals surface area (Å²) in [4.78, 5) is 0. The summed E-state index contributed by atoms with van der Waals surface area (Å²) in [5.41, 5.74) is 1.18. The van der Waals surface area contributed by atoms with E-state index in [9.17, 15) is 0 Å². The largest absolute Gasteiger partial charge is 0.467 e.